The van der Waals surface area contributed by atoms with E-state index in [9.17, 15) is 0 Å². The standard InChI is InChI=1S/C10H21N3/c1-7(2)9(11)8(3)13-6-10(4,5)12/h6-7,9H,3,11-12H2,1-2,4-5H3/b13-6-/t9-/m0/s1. The quantitative estimate of drug-likeness (QED) is 0.645. The van der Waals surface area contributed by atoms with Crippen LogP contribution in [-0.4, -0.2) is 17.8 Å². The fraction of sp³-hybridized carbons (Fsp3) is 0.700. The molecule has 0 aliphatic carbocycles. The van der Waals surface area contributed by atoms with Crippen LogP contribution in [0.3, 0.4) is 0 Å². The smallest absolute Gasteiger partial charge is 0.0498 e. The minimum Gasteiger partial charge on any atom is -0.322 e. The lowest BCUT2D eigenvalue weighted by molar-refractivity contribution is 0.545. The van der Waals surface area contributed by atoms with E-state index in [0.29, 0.717) is 11.6 Å². The molecule has 13 heavy (non-hydrogen) atoms. The van der Waals surface area contributed by atoms with Gasteiger partial charge in [0.05, 0.1) is 0 Å². The SMILES string of the molecule is C=C(/N=C\C(C)(C)N)[C@@H](N)C(C)C. The summed E-state index contributed by atoms with van der Waals surface area (Å²) in [5.74, 6) is 0.352. The summed E-state index contributed by atoms with van der Waals surface area (Å²) in [6, 6.07) is -0.0846. The minimum atomic E-state index is -0.403. The van der Waals surface area contributed by atoms with E-state index in [1.54, 1.807) is 6.21 Å². The van der Waals surface area contributed by atoms with Crippen LogP contribution in [0.2, 0.25) is 0 Å². The number of nitrogens with two attached hydrogens (primary N) is 2. The monoisotopic (exact) mass is 183 g/mol. The molecule has 0 heterocycles. The van der Waals surface area contributed by atoms with Crippen LogP contribution in [0.4, 0.5) is 0 Å². The summed E-state index contributed by atoms with van der Waals surface area (Å²) < 4.78 is 0. The van der Waals surface area contributed by atoms with E-state index in [1.807, 2.05) is 27.7 Å². The third kappa shape index (κ3) is 5.55. The van der Waals surface area contributed by atoms with Gasteiger partial charge in [-0.1, -0.05) is 20.4 Å². The fourth-order valence-electron chi connectivity index (χ4n) is 0.720. The molecule has 76 valence electrons. The Hall–Kier alpha value is -0.670. The number of hydrogen-bond acceptors (Lipinski definition) is 3. The van der Waals surface area contributed by atoms with Crippen molar-refractivity contribution in [1.29, 1.82) is 0 Å². The lowest BCUT2D eigenvalue weighted by Gasteiger charge is -2.16. The Morgan fingerprint density at radius 3 is 2.23 bits per heavy atom. The Kier molecular flexibility index (Phi) is 4.30. The van der Waals surface area contributed by atoms with E-state index < -0.39 is 5.54 Å². The van der Waals surface area contributed by atoms with Crippen molar-refractivity contribution in [3.63, 3.8) is 0 Å². The van der Waals surface area contributed by atoms with Crippen molar-refractivity contribution in [3.8, 4) is 0 Å². The molecule has 3 heteroatoms. The Morgan fingerprint density at radius 2 is 1.92 bits per heavy atom. The van der Waals surface area contributed by atoms with Crippen LogP contribution < -0.4 is 11.5 Å². The largest absolute Gasteiger partial charge is 0.322 e. The maximum absolute atomic E-state index is 5.84. The molecule has 0 bridgehead atoms. The Morgan fingerprint density at radius 1 is 1.46 bits per heavy atom. The first-order chi connectivity index (χ1) is 5.74. The summed E-state index contributed by atoms with van der Waals surface area (Å²) in [7, 11) is 0. The van der Waals surface area contributed by atoms with Gasteiger partial charge in [-0.3, -0.25) is 4.99 Å². The van der Waals surface area contributed by atoms with Crippen molar-refractivity contribution in [2.45, 2.75) is 39.3 Å². The maximum Gasteiger partial charge on any atom is 0.0498 e. The molecule has 0 aromatic rings. The predicted molar refractivity (Wildman–Crippen MR) is 58.7 cm³/mol. The summed E-state index contributed by atoms with van der Waals surface area (Å²) >= 11 is 0. The Bertz CT molecular complexity index is 199. The number of hydrogen-bond donors (Lipinski definition) is 2. The molecule has 0 fully saturated rings. The molecule has 0 aromatic heterocycles. The van der Waals surface area contributed by atoms with Crippen molar-refractivity contribution < 1.29 is 0 Å². The maximum atomic E-state index is 5.84. The first-order valence-corrected chi connectivity index (χ1v) is 4.52. The molecular weight excluding hydrogens is 162 g/mol. The molecule has 0 aromatic carbocycles. The summed E-state index contributed by atoms with van der Waals surface area (Å²) in [5.41, 5.74) is 11.8. The predicted octanol–water partition coefficient (Wildman–Crippen LogP) is 1.29. The summed E-state index contributed by atoms with van der Waals surface area (Å²) in [6.07, 6.45) is 1.68. The molecule has 0 amide bonds. The second-order valence-electron chi connectivity index (χ2n) is 4.34. The van der Waals surface area contributed by atoms with E-state index in [0.717, 1.165) is 0 Å². The summed E-state index contributed by atoms with van der Waals surface area (Å²) in [6.45, 7) is 11.6. The van der Waals surface area contributed by atoms with Crippen LogP contribution in [0, 0.1) is 5.92 Å². The molecule has 0 rings (SSSR count). The minimum absolute atomic E-state index is 0.0846. The van der Waals surface area contributed by atoms with Gasteiger partial charge in [-0.05, 0) is 19.8 Å². The van der Waals surface area contributed by atoms with Gasteiger partial charge in [0.15, 0.2) is 0 Å². The van der Waals surface area contributed by atoms with Gasteiger partial charge in [0.1, 0.15) is 0 Å². The molecule has 0 aliphatic heterocycles. The second kappa shape index (κ2) is 4.53. The number of rotatable bonds is 4. The molecule has 3 nitrogen and oxygen atoms in total. The van der Waals surface area contributed by atoms with E-state index >= 15 is 0 Å². The average Bonchev–Trinajstić information content (AvgIpc) is 1.97. The molecule has 0 unspecified atom stereocenters. The van der Waals surface area contributed by atoms with Crippen LogP contribution in [0.15, 0.2) is 17.3 Å². The van der Waals surface area contributed by atoms with Gasteiger partial charge >= 0.3 is 0 Å². The van der Waals surface area contributed by atoms with Crippen LogP contribution in [0.5, 0.6) is 0 Å². The molecule has 0 saturated heterocycles. The summed E-state index contributed by atoms with van der Waals surface area (Å²) in [5, 5.41) is 0. The zero-order valence-electron chi connectivity index (χ0n) is 9.04. The van der Waals surface area contributed by atoms with E-state index in [4.69, 9.17) is 11.5 Å². The van der Waals surface area contributed by atoms with Crippen LogP contribution >= 0.6 is 0 Å². The second-order valence-corrected chi connectivity index (χ2v) is 4.34. The number of aliphatic imine (C=N–C) groups is 1. The van der Waals surface area contributed by atoms with Gasteiger partial charge in [-0.15, -0.1) is 0 Å². The van der Waals surface area contributed by atoms with Crippen LogP contribution in [-0.2, 0) is 0 Å². The first kappa shape index (κ1) is 12.3. The Balaban J connectivity index is 4.24. The lowest BCUT2D eigenvalue weighted by Crippen LogP contribution is -2.34. The lowest BCUT2D eigenvalue weighted by atomic mass is 10.0. The fourth-order valence-corrected chi connectivity index (χ4v) is 0.720. The van der Waals surface area contributed by atoms with Gasteiger partial charge in [0.2, 0.25) is 0 Å². The van der Waals surface area contributed by atoms with Gasteiger partial charge < -0.3 is 11.5 Å². The highest BCUT2D eigenvalue weighted by Crippen LogP contribution is 2.08. The molecular formula is C10H21N3. The average molecular weight is 183 g/mol. The third-order valence-corrected chi connectivity index (χ3v) is 1.67. The van der Waals surface area contributed by atoms with Gasteiger partial charge in [0, 0.05) is 23.5 Å². The zero-order valence-corrected chi connectivity index (χ0v) is 9.04. The molecule has 0 saturated carbocycles. The zero-order chi connectivity index (χ0) is 10.6. The molecule has 4 N–H and O–H groups in total. The van der Waals surface area contributed by atoms with Crippen molar-refractivity contribution in [2.24, 2.45) is 22.4 Å². The van der Waals surface area contributed by atoms with Gasteiger partial charge in [-0.25, -0.2) is 0 Å². The van der Waals surface area contributed by atoms with Crippen molar-refractivity contribution >= 4 is 6.21 Å². The van der Waals surface area contributed by atoms with E-state index in [1.165, 1.54) is 0 Å². The van der Waals surface area contributed by atoms with E-state index in [2.05, 4.69) is 11.6 Å². The van der Waals surface area contributed by atoms with Crippen LogP contribution in [0.25, 0.3) is 0 Å². The highest BCUT2D eigenvalue weighted by molar-refractivity contribution is 5.69. The van der Waals surface area contributed by atoms with Gasteiger partial charge in [0.25, 0.3) is 0 Å². The molecule has 0 radical (unpaired) electrons. The molecule has 0 aliphatic rings. The first-order valence-electron chi connectivity index (χ1n) is 4.52. The van der Waals surface area contributed by atoms with E-state index in [-0.39, 0.29) is 6.04 Å². The highest BCUT2D eigenvalue weighted by Gasteiger charge is 2.11. The Labute approximate surface area is 80.9 Å². The van der Waals surface area contributed by atoms with Crippen molar-refractivity contribution in [3.05, 3.63) is 12.3 Å². The van der Waals surface area contributed by atoms with Crippen LogP contribution in [0.1, 0.15) is 27.7 Å². The number of nitrogens with zero attached hydrogens (tertiary/aromatic N) is 1. The topological polar surface area (TPSA) is 64.4 Å². The highest BCUT2D eigenvalue weighted by atomic mass is 14.9. The summed E-state index contributed by atoms with van der Waals surface area (Å²) in [4.78, 5) is 4.15. The van der Waals surface area contributed by atoms with Crippen molar-refractivity contribution in [2.75, 3.05) is 0 Å². The van der Waals surface area contributed by atoms with Gasteiger partial charge in [-0.2, -0.15) is 0 Å². The molecule has 1 atom stereocenters. The normalized spacial score (nSPS) is 15.3. The third-order valence-electron chi connectivity index (χ3n) is 1.67. The van der Waals surface area contributed by atoms with Crippen molar-refractivity contribution in [1.82, 2.24) is 0 Å². The molecule has 0 spiro atoms.